The SMILES string of the molecule is CCC(O)(CC)CNS(=O)(=O)c1cn(C)nc1N. The lowest BCUT2D eigenvalue weighted by atomic mass is 9.98. The Kier molecular flexibility index (Phi) is 4.36. The molecule has 0 aliphatic rings. The lowest BCUT2D eigenvalue weighted by Crippen LogP contribution is -2.42. The van der Waals surface area contributed by atoms with Crippen LogP contribution >= 0.6 is 0 Å². The van der Waals surface area contributed by atoms with E-state index in [1.807, 2.05) is 0 Å². The molecule has 8 heteroatoms. The van der Waals surface area contributed by atoms with Gasteiger partial charge in [0.25, 0.3) is 0 Å². The van der Waals surface area contributed by atoms with E-state index in [0.29, 0.717) is 12.8 Å². The van der Waals surface area contributed by atoms with E-state index in [9.17, 15) is 13.5 Å². The molecule has 0 saturated heterocycles. The quantitative estimate of drug-likeness (QED) is 0.668. The van der Waals surface area contributed by atoms with Gasteiger partial charge in [-0.1, -0.05) is 13.8 Å². The molecule has 1 aromatic rings. The molecule has 0 aliphatic carbocycles. The first-order valence-electron chi connectivity index (χ1n) is 5.75. The van der Waals surface area contributed by atoms with Crippen molar-refractivity contribution >= 4 is 15.8 Å². The molecule has 0 unspecified atom stereocenters. The highest BCUT2D eigenvalue weighted by molar-refractivity contribution is 7.89. The second-order valence-corrected chi connectivity index (χ2v) is 6.04. The highest BCUT2D eigenvalue weighted by Crippen LogP contribution is 2.18. The number of aromatic nitrogens is 2. The summed E-state index contributed by atoms with van der Waals surface area (Å²) in [6, 6.07) is 0. The van der Waals surface area contributed by atoms with Crippen LogP contribution in [-0.2, 0) is 17.1 Å². The molecule has 0 radical (unpaired) electrons. The van der Waals surface area contributed by atoms with E-state index < -0.39 is 15.6 Å². The Labute approximate surface area is 107 Å². The minimum Gasteiger partial charge on any atom is -0.389 e. The highest BCUT2D eigenvalue weighted by atomic mass is 32.2. The van der Waals surface area contributed by atoms with Gasteiger partial charge in [0, 0.05) is 19.8 Å². The number of nitrogens with zero attached hydrogens (tertiary/aromatic N) is 2. The van der Waals surface area contributed by atoms with Crippen molar-refractivity contribution in [3.8, 4) is 0 Å². The highest BCUT2D eigenvalue weighted by Gasteiger charge is 2.27. The van der Waals surface area contributed by atoms with Crippen molar-refractivity contribution < 1.29 is 13.5 Å². The van der Waals surface area contributed by atoms with E-state index in [1.165, 1.54) is 10.9 Å². The molecule has 0 saturated carbocycles. The largest absolute Gasteiger partial charge is 0.389 e. The summed E-state index contributed by atoms with van der Waals surface area (Å²) in [6.45, 7) is 3.56. The summed E-state index contributed by atoms with van der Waals surface area (Å²) in [5.41, 5.74) is 4.48. The van der Waals surface area contributed by atoms with Crippen LogP contribution in [0.4, 0.5) is 5.82 Å². The van der Waals surface area contributed by atoms with Crippen LogP contribution in [0.25, 0.3) is 0 Å². The molecule has 1 rings (SSSR count). The zero-order valence-electron chi connectivity index (χ0n) is 10.8. The third kappa shape index (κ3) is 3.21. The zero-order chi connectivity index (χ0) is 14.0. The zero-order valence-corrected chi connectivity index (χ0v) is 11.7. The Morgan fingerprint density at radius 2 is 2.06 bits per heavy atom. The van der Waals surface area contributed by atoms with Crippen molar-refractivity contribution in [1.29, 1.82) is 0 Å². The van der Waals surface area contributed by atoms with Gasteiger partial charge in [-0.05, 0) is 12.8 Å². The Balaban J connectivity index is 2.87. The summed E-state index contributed by atoms with van der Waals surface area (Å²) in [7, 11) is -2.15. The molecule has 0 aromatic carbocycles. The lowest BCUT2D eigenvalue weighted by molar-refractivity contribution is 0.0377. The fourth-order valence-electron chi connectivity index (χ4n) is 1.50. The van der Waals surface area contributed by atoms with E-state index in [4.69, 9.17) is 5.73 Å². The molecule has 0 fully saturated rings. The molecule has 0 bridgehead atoms. The molecular weight excluding hydrogens is 256 g/mol. The van der Waals surface area contributed by atoms with Gasteiger partial charge in [-0.3, -0.25) is 4.68 Å². The van der Waals surface area contributed by atoms with E-state index in [0.717, 1.165) is 0 Å². The molecule has 0 atom stereocenters. The summed E-state index contributed by atoms with van der Waals surface area (Å²) >= 11 is 0. The van der Waals surface area contributed by atoms with Gasteiger partial charge >= 0.3 is 0 Å². The van der Waals surface area contributed by atoms with E-state index in [-0.39, 0.29) is 17.3 Å². The van der Waals surface area contributed by atoms with E-state index in [1.54, 1.807) is 20.9 Å². The summed E-state index contributed by atoms with van der Waals surface area (Å²) < 4.78 is 27.7. The Hall–Kier alpha value is -1.12. The average molecular weight is 276 g/mol. The van der Waals surface area contributed by atoms with Crippen molar-refractivity contribution in [1.82, 2.24) is 14.5 Å². The number of aryl methyl sites for hydroxylation is 1. The third-order valence-corrected chi connectivity index (χ3v) is 4.44. The summed E-state index contributed by atoms with van der Waals surface area (Å²) in [4.78, 5) is -0.0699. The lowest BCUT2D eigenvalue weighted by Gasteiger charge is -2.25. The van der Waals surface area contributed by atoms with Crippen LogP contribution in [0.15, 0.2) is 11.1 Å². The maximum Gasteiger partial charge on any atom is 0.245 e. The molecule has 18 heavy (non-hydrogen) atoms. The second kappa shape index (κ2) is 5.25. The fraction of sp³-hybridized carbons (Fsp3) is 0.700. The van der Waals surface area contributed by atoms with Crippen molar-refractivity contribution in [2.24, 2.45) is 7.05 Å². The maximum atomic E-state index is 12.0. The van der Waals surface area contributed by atoms with Gasteiger partial charge in [0.1, 0.15) is 4.90 Å². The number of hydrogen-bond donors (Lipinski definition) is 3. The summed E-state index contributed by atoms with van der Waals surface area (Å²) in [5, 5.41) is 13.8. The Morgan fingerprint density at radius 3 is 2.44 bits per heavy atom. The molecule has 104 valence electrons. The third-order valence-electron chi connectivity index (χ3n) is 3.02. The smallest absolute Gasteiger partial charge is 0.245 e. The van der Waals surface area contributed by atoms with Gasteiger partial charge in [-0.15, -0.1) is 0 Å². The predicted octanol–water partition coefficient (Wildman–Crippen LogP) is -0.168. The van der Waals surface area contributed by atoms with Gasteiger partial charge < -0.3 is 10.8 Å². The van der Waals surface area contributed by atoms with Gasteiger partial charge in [0.15, 0.2) is 5.82 Å². The first-order valence-corrected chi connectivity index (χ1v) is 7.23. The van der Waals surface area contributed by atoms with Crippen LogP contribution in [0.1, 0.15) is 26.7 Å². The van der Waals surface area contributed by atoms with Crippen LogP contribution < -0.4 is 10.5 Å². The van der Waals surface area contributed by atoms with Crippen molar-refractivity contribution in [3.05, 3.63) is 6.20 Å². The molecule has 1 aromatic heterocycles. The normalized spacial score (nSPS) is 12.9. The topological polar surface area (TPSA) is 110 Å². The van der Waals surface area contributed by atoms with Gasteiger partial charge in [0.2, 0.25) is 10.0 Å². The second-order valence-electron chi connectivity index (χ2n) is 4.31. The molecule has 1 heterocycles. The number of anilines is 1. The summed E-state index contributed by atoms with van der Waals surface area (Å²) in [6.07, 6.45) is 2.26. The standard InChI is InChI=1S/C10H20N4O3S/c1-4-10(15,5-2)7-12-18(16,17)8-6-14(3)13-9(8)11/h6,12,15H,4-5,7H2,1-3H3,(H2,11,13). The van der Waals surface area contributed by atoms with Crippen LogP contribution in [0.3, 0.4) is 0 Å². The molecule has 0 amide bonds. The number of nitrogens with two attached hydrogens (primary N) is 1. The van der Waals surface area contributed by atoms with Gasteiger partial charge in [0.05, 0.1) is 5.60 Å². The average Bonchev–Trinajstić information content (AvgIpc) is 2.66. The van der Waals surface area contributed by atoms with Crippen LogP contribution in [0.2, 0.25) is 0 Å². The molecule has 7 nitrogen and oxygen atoms in total. The molecule has 0 aliphatic heterocycles. The van der Waals surface area contributed by atoms with Crippen LogP contribution in [0.5, 0.6) is 0 Å². The Bertz CT molecular complexity index is 505. The van der Waals surface area contributed by atoms with Crippen LogP contribution in [0, 0.1) is 0 Å². The van der Waals surface area contributed by atoms with E-state index in [2.05, 4.69) is 9.82 Å². The molecule has 4 N–H and O–H groups in total. The minimum absolute atomic E-state index is 0.0450. The first-order chi connectivity index (χ1) is 8.24. The minimum atomic E-state index is -3.74. The number of nitrogens with one attached hydrogen (secondary N) is 1. The van der Waals surface area contributed by atoms with Gasteiger partial charge in [-0.2, -0.15) is 5.10 Å². The number of sulfonamides is 1. The number of hydrogen-bond acceptors (Lipinski definition) is 5. The monoisotopic (exact) mass is 276 g/mol. The number of nitrogen functional groups attached to an aromatic ring is 1. The maximum absolute atomic E-state index is 12.0. The Morgan fingerprint density at radius 1 is 1.50 bits per heavy atom. The molecular formula is C10H20N4O3S. The van der Waals surface area contributed by atoms with Crippen molar-refractivity contribution in [2.45, 2.75) is 37.2 Å². The van der Waals surface area contributed by atoms with E-state index >= 15 is 0 Å². The van der Waals surface area contributed by atoms with Crippen LogP contribution in [-0.4, -0.2) is 35.5 Å². The number of rotatable bonds is 6. The first kappa shape index (κ1) is 14.9. The summed E-state index contributed by atoms with van der Waals surface area (Å²) in [5.74, 6) is -0.0541. The van der Waals surface area contributed by atoms with Gasteiger partial charge in [-0.25, -0.2) is 13.1 Å². The number of aliphatic hydroxyl groups is 1. The van der Waals surface area contributed by atoms with Crippen molar-refractivity contribution in [3.63, 3.8) is 0 Å². The fourth-order valence-corrected chi connectivity index (χ4v) is 2.72. The predicted molar refractivity (Wildman–Crippen MR) is 68.3 cm³/mol. The van der Waals surface area contributed by atoms with Crippen molar-refractivity contribution in [2.75, 3.05) is 12.3 Å². The molecule has 0 spiro atoms.